The van der Waals surface area contributed by atoms with E-state index in [2.05, 4.69) is 54.7 Å². The summed E-state index contributed by atoms with van der Waals surface area (Å²) in [4.78, 5) is 0. The summed E-state index contributed by atoms with van der Waals surface area (Å²) >= 11 is 0. The minimum absolute atomic E-state index is 0.307. The van der Waals surface area contributed by atoms with Gasteiger partial charge in [-0.05, 0) is 29.5 Å². The lowest BCUT2D eigenvalue weighted by Gasteiger charge is -2.33. The number of allylic oxidation sites excluding steroid dienone is 2. The summed E-state index contributed by atoms with van der Waals surface area (Å²) < 4.78 is 0. The Morgan fingerprint density at radius 1 is 1.26 bits per heavy atom. The van der Waals surface area contributed by atoms with Crippen LogP contribution in [0.4, 0.5) is 0 Å². The van der Waals surface area contributed by atoms with Gasteiger partial charge in [-0.25, -0.2) is 0 Å². The standard InChI is InChI=1S/C18H33B/c1-13(2)9-16(12-17(5,6)7)19-18(8)11-14(3)10-15(18)4/h13,16,19H,3-4,9-12H2,1-2,5-8H3. The van der Waals surface area contributed by atoms with E-state index in [-0.39, 0.29) is 0 Å². The molecule has 0 bridgehead atoms. The van der Waals surface area contributed by atoms with Crippen LogP contribution in [-0.4, -0.2) is 7.28 Å². The second-order valence-corrected chi connectivity index (χ2v) is 8.73. The molecule has 1 fully saturated rings. The van der Waals surface area contributed by atoms with E-state index in [0.29, 0.717) is 10.7 Å². The van der Waals surface area contributed by atoms with E-state index in [0.717, 1.165) is 24.6 Å². The van der Waals surface area contributed by atoms with E-state index in [1.807, 2.05) is 0 Å². The second-order valence-electron chi connectivity index (χ2n) is 8.73. The first-order valence-corrected chi connectivity index (χ1v) is 7.87. The third-order valence-corrected chi connectivity index (χ3v) is 4.40. The Hall–Kier alpha value is -0.455. The molecule has 0 aromatic heterocycles. The predicted octanol–water partition coefficient (Wildman–Crippen LogP) is 5.78. The number of hydrogen-bond acceptors (Lipinski definition) is 0. The van der Waals surface area contributed by atoms with E-state index >= 15 is 0 Å². The van der Waals surface area contributed by atoms with Crippen molar-refractivity contribution in [1.82, 2.24) is 0 Å². The molecular weight excluding hydrogens is 227 g/mol. The maximum Gasteiger partial charge on any atom is 0.136 e. The van der Waals surface area contributed by atoms with Crippen LogP contribution in [0.25, 0.3) is 0 Å². The topological polar surface area (TPSA) is 0 Å². The Kier molecular flexibility index (Phi) is 5.15. The minimum atomic E-state index is 0.307. The first kappa shape index (κ1) is 16.6. The van der Waals surface area contributed by atoms with E-state index in [4.69, 9.17) is 0 Å². The number of hydrogen-bond donors (Lipinski definition) is 0. The average molecular weight is 260 g/mol. The molecule has 2 unspecified atom stereocenters. The van der Waals surface area contributed by atoms with Crippen molar-refractivity contribution in [3.8, 4) is 0 Å². The smallest absolute Gasteiger partial charge is 0.0997 e. The van der Waals surface area contributed by atoms with Crippen molar-refractivity contribution in [3.63, 3.8) is 0 Å². The van der Waals surface area contributed by atoms with Crippen LogP contribution >= 0.6 is 0 Å². The molecule has 1 aliphatic rings. The van der Waals surface area contributed by atoms with Crippen molar-refractivity contribution in [2.75, 3.05) is 0 Å². The van der Waals surface area contributed by atoms with Gasteiger partial charge in [0.25, 0.3) is 0 Å². The van der Waals surface area contributed by atoms with Crippen LogP contribution in [0.1, 0.15) is 67.2 Å². The van der Waals surface area contributed by atoms with Crippen molar-refractivity contribution in [3.05, 3.63) is 24.3 Å². The normalized spacial score (nSPS) is 26.1. The summed E-state index contributed by atoms with van der Waals surface area (Å²) in [5, 5.41) is 0.307. The van der Waals surface area contributed by atoms with Crippen LogP contribution < -0.4 is 0 Å². The molecule has 19 heavy (non-hydrogen) atoms. The first-order chi connectivity index (χ1) is 8.52. The Bertz CT molecular complexity index is 345. The molecule has 1 aliphatic carbocycles. The quantitative estimate of drug-likeness (QED) is 0.434. The summed E-state index contributed by atoms with van der Waals surface area (Å²) in [5.41, 5.74) is 3.22. The van der Waals surface area contributed by atoms with Gasteiger partial charge in [0, 0.05) is 0 Å². The summed E-state index contributed by atoms with van der Waals surface area (Å²) in [6.07, 6.45) is 4.87. The Balaban J connectivity index is 2.76. The molecule has 0 spiro atoms. The maximum atomic E-state index is 4.33. The predicted molar refractivity (Wildman–Crippen MR) is 90.3 cm³/mol. The van der Waals surface area contributed by atoms with Crippen LogP contribution in [0.15, 0.2) is 24.3 Å². The van der Waals surface area contributed by atoms with Gasteiger partial charge in [0.05, 0.1) is 0 Å². The molecule has 0 aliphatic heterocycles. The molecule has 108 valence electrons. The maximum absolute atomic E-state index is 4.33. The lowest BCUT2D eigenvalue weighted by atomic mass is 9.42. The van der Waals surface area contributed by atoms with Crippen molar-refractivity contribution >= 4 is 7.28 Å². The third kappa shape index (κ3) is 5.20. The largest absolute Gasteiger partial charge is 0.136 e. The van der Waals surface area contributed by atoms with Crippen LogP contribution in [0.2, 0.25) is 11.1 Å². The van der Waals surface area contributed by atoms with Crippen molar-refractivity contribution < 1.29 is 0 Å². The van der Waals surface area contributed by atoms with Crippen molar-refractivity contribution in [2.24, 2.45) is 11.3 Å². The Labute approximate surface area is 122 Å². The highest BCUT2D eigenvalue weighted by molar-refractivity contribution is 6.43. The van der Waals surface area contributed by atoms with Gasteiger partial charge < -0.3 is 0 Å². The molecule has 0 amide bonds. The van der Waals surface area contributed by atoms with E-state index < -0.39 is 0 Å². The SMILES string of the molecule is C=C1CC(=C)C(C)(BC(CC(C)C)CC(C)(C)C)C1. The van der Waals surface area contributed by atoms with Gasteiger partial charge in [-0.2, -0.15) is 0 Å². The van der Waals surface area contributed by atoms with Gasteiger partial charge in [0.2, 0.25) is 0 Å². The second kappa shape index (κ2) is 5.89. The lowest BCUT2D eigenvalue weighted by molar-refractivity contribution is 0.344. The first-order valence-electron chi connectivity index (χ1n) is 7.87. The fourth-order valence-electron chi connectivity index (χ4n) is 3.88. The monoisotopic (exact) mass is 260 g/mol. The van der Waals surface area contributed by atoms with E-state index in [9.17, 15) is 0 Å². The molecular formula is C18H33B. The summed E-state index contributed by atoms with van der Waals surface area (Å²) in [7, 11) is 1.29. The zero-order valence-electron chi connectivity index (χ0n) is 14.1. The van der Waals surface area contributed by atoms with Crippen LogP contribution in [0.3, 0.4) is 0 Å². The molecule has 0 nitrogen and oxygen atoms in total. The van der Waals surface area contributed by atoms with Gasteiger partial charge in [-0.15, -0.1) is 0 Å². The average Bonchev–Trinajstić information content (AvgIpc) is 2.34. The Morgan fingerprint density at radius 3 is 2.21 bits per heavy atom. The highest BCUT2D eigenvalue weighted by Crippen LogP contribution is 2.52. The van der Waals surface area contributed by atoms with Gasteiger partial charge in [0.15, 0.2) is 0 Å². The third-order valence-electron chi connectivity index (χ3n) is 4.40. The Morgan fingerprint density at radius 2 is 1.84 bits per heavy atom. The molecule has 0 aromatic carbocycles. The highest BCUT2D eigenvalue weighted by Gasteiger charge is 2.38. The molecule has 0 heterocycles. The van der Waals surface area contributed by atoms with E-state index in [1.165, 1.54) is 31.3 Å². The zero-order valence-corrected chi connectivity index (χ0v) is 14.1. The zero-order chi connectivity index (χ0) is 14.8. The summed E-state index contributed by atoms with van der Waals surface area (Å²) in [6.45, 7) is 22.7. The van der Waals surface area contributed by atoms with Crippen molar-refractivity contribution in [1.29, 1.82) is 0 Å². The fourth-order valence-corrected chi connectivity index (χ4v) is 3.88. The van der Waals surface area contributed by atoms with Gasteiger partial charge >= 0.3 is 0 Å². The summed E-state index contributed by atoms with van der Waals surface area (Å²) in [5.74, 6) is 1.60. The molecule has 0 aromatic rings. The van der Waals surface area contributed by atoms with Crippen molar-refractivity contribution in [2.45, 2.75) is 78.4 Å². The van der Waals surface area contributed by atoms with Crippen LogP contribution in [0, 0.1) is 11.3 Å². The minimum Gasteiger partial charge on any atom is -0.0997 e. The van der Waals surface area contributed by atoms with Crippen LogP contribution in [0.5, 0.6) is 0 Å². The van der Waals surface area contributed by atoms with E-state index in [1.54, 1.807) is 0 Å². The van der Waals surface area contributed by atoms with Gasteiger partial charge in [0.1, 0.15) is 7.28 Å². The molecule has 1 rings (SSSR count). The molecule has 0 saturated heterocycles. The van der Waals surface area contributed by atoms with Crippen LogP contribution in [-0.2, 0) is 0 Å². The lowest BCUT2D eigenvalue weighted by Crippen LogP contribution is -2.24. The molecule has 2 atom stereocenters. The molecule has 0 N–H and O–H groups in total. The van der Waals surface area contributed by atoms with Gasteiger partial charge in [-0.3, -0.25) is 0 Å². The summed E-state index contributed by atoms with van der Waals surface area (Å²) in [6, 6.07) is 0. The highest BCUT2D eigenvalue weighted by atomic mass is 14.3. The number of rotatable bonds is 5. The molecule has 1 heteroatoms. The molecule has 1 saturated carbocycles. The molecule has 0 radical (unpaired) electrons. The van der Waals surface area contributed by atoms with Gasteiger partial charge in [-0.1, -0.05) is 84.5 Å². The fraction of sp³-hybridized carbons (Fsp3) is 0.778.